The molecule has 2 rings (SSSR count). The maximum atomic E-state index is 12.2. The summed E-state index contributed by atoms with van der Waals surface area (Å²) in [6, 6.07) is 11.0. The largest absolute Gasteiger partial charge is 0.383 e. The molecular weight excluding hydrogens is 316 g/mol. The number of aromatic nitrogens is 1. The molecule has 7 heteroatoms. The molecule has 0 spiro atoms. The van der Waals surface area contributed by atoms with E-state index in [1.807, 2.05) is 35.1 Å². The number of carbonyl (C=O) groups excluding carboxylic acids is 1. The first-order chi connectivity index (χ1) is 10.9. The number of nitrogens with one attached hydrogen (secondary N) is 1. The molecule has 23 heavy (non-hydrogen) atoms. The monoisotopic (exact) mass is 334 g/mol. The molecule has 2 aromatic rings. The van der Waals surface area contributed by atoms with Crippen molar-refractivity contribution in [3.05, 3.63) is 54.4 Å². The molecule has 122 valence electrons. The predicted molar refractivity (Wildman–Crippen MR) is 87.4 cm³/mol. The van der Waals surface area contributed by atoms with E-state index in [0.717, 1.165) is 11.1 Å². The Morgan fingerprint density at radius 2 is 1.91 bits per heavy atom. The first-order valence-electron chi connectivity index (χ1n) is 6.99. The van der Waals surface area contributed by atoms with Gasteiger partial charge >= 0.3 is 0 Å². The number of benzene rings is 1. The minimum absolute atomic E-state index is 0.00488. The number of nitrogens with zero attached hydrogens (tertiary/aromatic N) is 1. The Hall–Kier alpha value is -2.25. The molecule has 1 amide bonds. The standard InChI is InChI=1S/C16H18N2O4S/c1-12(11-22-2)23(20,21)18-16(19)15-8-14(9-17-10-15)13-6-4-3-5-7-13/h3-10,12H,11H2,1-2H3,(H,18,19)/t12-/m1/s1. The van der Waals surface area contributed by atoms with E-state index in [4.69, 9.17) is 4.74 Å². The molecule has 1 aromatic carbocycles. The normalized spacial score (nSPS) is 12.6. The van der Waals surface area contributed by atoms with Gasteiger partial charge in [-0.3, -0.25) is 9.78 Å². The second-order valence-electron chi connectivity index (χ2n) is 5.07. The molecule has 1 atom stereocenters. The second-order valence-corrected chi connectivity index (χ2v) is 7.17. The van der Waals surface area contributed by atoms with Gasteiger partial charge in [-0.05, 0) is 18.6 Å². The summed E-state index contributed by atoms with van der Waals surface area (Å²) in [7, 11) is -2.40. The van der Waals surface area contributed by atoms with E-state index in [9.17, 15) is 13.2 Å². The number of pyridine rings is 1. The SMILES string of the molecule is COC[C@@H](C)S(=O)(=O)NC(=O)c1cncc(-c2ccccc2)c1. The van der Waals surface area contributed by atoms with Crippen LogP contribution in [0.5, 0.6) is 0 Å². The van der Waals surface area contributed by atoms with Gasteiger partial charge in [0.15, 0.2) is 0 Å². The number of sulfonamides is 1. The predicted octanol–water partition coefficient (Wildman–Crippen LogP) is 1.84. The summed E-state index contributed by atoms with van der Waals surface area (Å²) in [6.07, 6.45) is 2.95. The smallest absolute Gasteiger partial charge is 0.266 e. The maximum Gasteiger partial charge on any atom is 0.266 e. The van der Waals surface area contributed by atoms with E-state index in [1.54, 1.807) is 12.3 Å². The molecule has 0 fully saturated rings. The summed E-state index contributed by atoms with van der Waals surface area (Å²) < 4.78 is 30.9. The summed E-state index contributed by atoms with van der Waals surface area (Å²) in [5.41, 5.74) is 1.81. The third-order valence-electron chi connectivity index (χ3n) is 3.27. The van der Waals surface area contributed by atoms with Gasteiger partial charge in [-0.2, -0.15) is 0 Å². The van der Waals surface area contributed by atoms with Gasteiger partial charge in [0.25, 0.3) is 5.91 Å². The van der Waals surface area contributed by atoms with Gasteiger partial charge in [0, 0.05) is 25.1 Å². The van der Waals surface area contributed by atoms with Crippen LogP contribution in [0.3, 0.4) is 0 Å². The number of rotatable bonds is 6. The molecule has 0 radical (unpaired) electrons. The zero-order chi connectivity index (χ0) is 16.9. The van der Waals surface area contributed by atoms with E-state index in [2.05, 4.69) is 4.98 Å². The second kappa shape index (κ2) is 7.34. The van der Waals surface area contributed by atoms with Crippen LogP contribution in [0.1, 0.15) is 17.3 Å². The summed E-state index contributed by atoms with van der Waals surface area (Å²) in [5, 5.41) is -0.832. The van der Waals surface area contributed by atoms with Crippen molar-refractivity contribution in [2.75, 3.05) is 13.7 Å². The van der Waals surface area contributed by atoms with Gasteiger partial charge in [-0.15, -0.1) is 0 Å². The van der Waals surface area contributed by atoms with Gasteiger partial charge in [-0.25, -0.2) is 13.1 Å². The van der Waals surface area contributed by atoms with E-state index in [0.29, 0.717) is 0 Å². The molecule has 0 unspecified atom stereocenters. The van der Waals surface area contributed by atoms with Gasteiger partial charge in [0.05, 0.1) is 12.2 Å². The molecule has 6 nitrogen and oxygen atoms in total. The summed E-state index contributed by atoms with van der Waals surface area (Å²) in [5.74, 6) is -0.710. The Kier molecular flexibility index (Phi) is 5.46. The number of methoxy groups -OCH3 is 1. The first-order valence-corrected chi connectivity index (χ1v) is 8.54. The molecule has 1 heterocycles. The molecule has 0 aliphatic carbocycles. The molecule has 0 aliphatic heterocycles. The van der Waals surface area contributed by atoms with Crippen LogP contribution in [-0.4, -0.2) is 38.3 Å². The quantitative estimate of drug-likeness (QED) is 0.871. The topological polar surface area (TPSA) is 85.4 Å². The number of carbonyl (C=O) groups is 1. The van der Waals surface area contributed by atoms with Crippen molar-refractivity contribution in [2.45, 2.75) is 12.2 Å². The van der Waals surface area contributed by atoms with Crippen molar-refractivity contribution in [2.24, 2.45) is 0 Å². The molecule has 0 aliphatic rings. The van der Waals surface area contributed by atoms with Crippen LogP contribution >= 0.6 is 0 Å². The first kappa shape index (κ1) is 17.1. The van der Waals surface area contributed by atoms with Gasteiger partial charge < -0.3 is 4.74 Å². The molecule has 0 bridgehead atoms. The highest BCUT2D eigenvalue weighted by Crippen LogP contribution is 2.18. The van der Waals surface area contributed by atoms with Crippen molar-refractivity contribution in [3.8, 4) is 11.1 Å². The third kappa shape index (κ3) is 4.37. The Labute approximate surface area is 135 Å². The van der Waals surface area contributed by atoms with Crippen LogP contribution in [0.2, 0.25) is 0 Å². The maximum absolute atomic E-state index is 12.2. The molecule has 1 N–H and O–H groups in total. The van der Waals surface area contributed by atoms with Crippen molar-refractivity contribution in [1.29, 1.82) is 0 Å². The Balaban J connectivity index is 2.21. The molecule has 0 saturated heterocycles. The van der Waals surface area contributed by atoms with Gasteiger partial charge in [-0.1, -0.05) is 30.3 Å². The molecule has 0 saturated carbocycles. The Morgan fingerprint density at radius 3 is 2.57 bits per heavy atom. The number of hydrogen-bond donors (Lipinski definition) is 1. The lowest BCUT2D eigenvalue weighted by Gasteiger charge is -2.13. The summed E-state index contributed by atoms with van der Waals surface area (Å²) >= 11 is 0. The fraction of sp³-hybridized carbons (Fsp3) is 0.250. The number of hydrogen-bond acceptors (Lipinski definition) is 5. The van der Waals surface area contributed by atoms with Crippen LogP contribution in [0.4, 0.5) is 0 Å². The van der Waals surface area contributed by atoms with Crippen molar-refractivity contribution >= 4 is 15.9 Å². The third-order valence-corrected chi connectivity index (χ3v) is 4.94. The van der Waals surface area contributed by atoms with Crippen molar-refractivity contribution in [3.63, 3.8) is 0 Å². The highest BCUT2D eigenvalue weighted by atomic mass is 32.2. The van der Waals surface area contributed by atoms with Crippen LogP contribution in [-0.2, 0) is 14.8 Å². The molecule has 1 aromatic heterocycles. The zero-order valence-corrected chi connectivity index (χ0v) is 13.7. The minimum Gasteiger partial charge on any atom is -0.383 e. The number of amides is 1. The van der Waals surface area contributed by atoms with Crippen LogP contribution in [0, 0.1) is 0 Å². The van der Waals surface area contributed by atoms with Crippen LogP contribution in [0.15, 0.2) is 48.8 Å². The van der Waals surface area contributed by atoms with Gasteiger partial charge in [0.1, 0.15) is 5.25 Å². The zero-order valence-electron chi connectivity index (χ0n) is 12.9. The summed E-state index contributed by atoms with van der Waals surface area (Å²) in [4.78, 5) is 16.2. The minimum atomic E-state index is -3.80. The fourth-order valence-corrected chi connectivity index (χ4v) is 2.86. The Bertz CT molecular complexity index is 776. The number of ether oxygens (including phenoxy) is 1. The highest BCUT2D eigenvalue weighted by Gasteiger charge is 2.23. The fourth-order valence-electron chi connectivity index (χ4n) is 1.97. The van der Waals surface area contributed by atoms with Gasteiger partial charge in [0.2, 0.25) is 10.0 Å². The van der Waals surface area contributed by atoms with Crippen LogP contribution in [0.25, 0.3) is 11.1 Å². The van der Waals surface area contributed by atoms with E-state index >= 15 is 0 Å². The lowest BCUT2D eigenvalue weighted by molar-refractivity contribution is 0.0980. The van der Waals surface area contributed by atoms with Crippen molar-refractivity contribution < 1.29 is 17.9 Å². The van der Waals surface area contributed by atoms with E-state index in [1.165, 1.54) is 20.2 Å². The lowest BCUT2D eigenvalue weighted by atomic mass is 10.1. The van der Waals surface area contributed by atoms with Crippen LogP contribution < -0.4 is 4.72 Å². The Morgan fingerprint density at radius 1 is 1.22 bits per heavy atom. The lowest BCUT2D eigenvalue weighted by Crippen LogP contribution is -2.39. The van der Waals surface area contributed by atoms with E-state index in [-0.39, 0.29) is 12.2 Å². The van der Waals surface area contributed by atoms with Crippen molar-refractivity contribution in [1.82, 2.24) is 9.71 Å². The molecular formula is C16H18N2O4S. The average Bonchev–Trinajstić information content (AvgIpc) is 2.55. The highest BCUT2D eigenvalue weighted by molar-refractivity contribution is 7.90. The average molecular weight is 334 g/mol. The summed E-state index contributed by atoms with van der Waals surface area (Å²) in [6.45, 7) is 1.47. The van der Waals surface area contributed by atoms with E-state index < -0.39 is 21.2 Å².